The number of hydrogen-bond acceptors (Lipinski definition) is 6. The minimum atomic E-state index is 0.0306. The summed E-state index contributed by atoms with van der Waals surface area (Å²) in [5, 5.41) is 0. The van der Waals surface area contributed by atoms with Crippen molar-refractivity contribution in [1.29, 1.82) is 0 Å². The van der Waals surface area contributed by atoms with E-state index in [9.17, 15) is 4.79 Å². The maximum absolute atomic E-state index is 12.8. The Labute approximate surface area is 153 Å². The fourth-order valence-corrected chi connectivity index (χ4v) is 3.66. The third-order valence-corrected chi connectivity index (χ3v) is 5.21. The average Bonchev–Trinajstić information content (AvgIpc) is 2.96. The lowest BCUT2D eigenvalue weighted by Gasteiger charge is -2.27. The molecule has 1 fully saturated rings. The van der Waals surface area contributed by atoms with Crippen molar-refractivity contribution in [3.63, 3.8) is 0 Å². The van der Waals surface area contributed by atoms with Crippen LogP contribution in [-0.4, -0.2) is 60.2 Å². The molecule has 0 bridgehead atoms. The highest BCUT2D eigenvalue weighted by molar-refractivity contribution is 5.95. The van der Waals surface area contributed by atoms with Gasteiger partial charge < -0.3 is 19.0 Å². The molecule has 0 atom stereocenters. The van der Waals surface area contributed by atoms with Crippen molar-refractivity contribution in [3.8, 4) is 0 Å². The summed E-state index contributed by atoms with van der Waals surface area (Å²) in [6, 6.07) is 1.75. The van der Waals surface area contributed by atoms with Crippen LogP contribution < -0.4 is 4.90 Å². The molecular formula is C19H24N4O3. The van der Waals surface area contributed by atoms with E-state index in [2.05, 4.69) is 4.90 Å². The highest BCUT2D eigenvalue weighted by Crippen LogP contribution is 2.22. The fourth-order valence-electron chi connectivity index (χ4n) is 3.66. The van der Waals surface area contributed by atoms with E-state index in [4.69, 9.17) is 19.1 Å². The monoisotopic (exact) mass is 356 g/mol. The van der Waals surface area contributed by atoms with E-state index in [1.54, 1.807) is 12.3 Å². The Balaban J connectivity index is 1.55. The average molecular weight is 356 g/mol. The van der Waals surface area contributed by atoms with Gasteiger partial charge in [0, 0.05) is 38.3 Å². The molecule has 2 aliphatic heterocycles. The molecule has 1 saturated heterocycles. The third kappa shape index (κ3) is 3.19. The van der Waals surface area contributed by atoms with Gasteiger partial charge in [0.1, 0.15) is 5.76 Å². The van der Waals surface area contributed by atoms with E-state index in [0.717, 1.165) is 43.3 Å². The van der Waals surface area contributed by atoms with Gasteiger partial charge in [-0.2, -0.15) is 0 Å². The zero-order valence-electron chi connectivity index (χ0n) is 15.3. The zero-order chi connectivity index (χ0) is 18.1. The molecule has 2 aliphatic rings. The number of carbonyl (C=O) groups excluding carboxylic acids is 1. The molecule has 0 aromatic carbocycles. The predicted molar refractivity (Wildman–Crippen MR) is 96.6 cm³/mol. The second-order valence-corrected chi connectivity index (χ2v) is 6.82. The maximum atomic E-state index is 12.8. The summed E-state index contributed by atoms with van der Waals surface area (Å²) >= 11 is 0. The lowest BCUT2D eigenvalue weighted by Crippen LogP contribution is -2.37. The Morgan fingerprint density at radius 3 is 2.58 bits per heavy atom. The molecule has 138 valence electrons. The predicted octanol–water partition coefficient (Wildman–Crippen LogP) is 1.76. The lowest BCUT2D eigenvalue weighted by molar-refractivity contribution is 0.0761. The molecule has 0 radical (unpaired) electrons. The minimum Gasteiger partial charge on any atom is -0.469 e. The van der Waals surface area contributed by atoms with Gasteiger partial charge in [-0.1, -0.05) is 0 Å². The number of amides is 1. The zero-order valence-corrected chi connectivity index (χ0v) is 15.3. The van der Waals surface area contributed by atoms with Crippen LogP contribution in [0.3, 0.4) is 0 Å². The smallest absolute Gasteiger partial charge is 0.257 e. The van der Waals surface area contributed by atoms with Crippen molar-refractivity contribution in [2.45, 2.75) is 26.7 Å². The van der Waals surface area contributed by atoms with E-state index in [1.165, 1.54) is 5.56 Å². The summed E-state index contributed by atoms with van der Waals surface area (Å²) in [5.41, 5.74) is 3.91. The third-order valence-electron chi connectivity index (χ3n) is 5.21. The van der Waals surface area contributed by atoms with Crippen molar-refractivity contribution in [1.82, 2.24) is 14.9 Å². The first-order chi connectivity index (χ1) is 12.6. The normalized spacial score (nSPS) is 17.8. The molecule has 2 aromatic rings. The molecule has 0 aliphatic carbocycles. The van der Waals surface area contributed by atoms with E-state index in [1.807, 2.05) is 18.7 Å². The Bertz CT molecular complexity index is 811. The first-order valence-corrected chi connectivity index (χ1v) is 9.16. The molecule has 1 amide bonds. The number of ether oxygens (including phenoxy) is 1. The van der Waals surface area contributed by atoms with E-state index in [-0.39, 0.29) is 5.91 Å². The highest BCUT2D eigenvalue weighted by Gasteiger charge is 2.25. The van der Waals surface area contributed by atoms with Gasteiger partial charge in [0.2, 0.25) is 5.95 Å². The summed E-state index contributed by atoms with van der Waals surface area (Å²) in [4.78, 5) is 26.4. The number of fused-ring (bicyclic) bond motifs is 1. The van der Waals surface area contributed by atoms with Crippen LogP contribution in [0.1, 0.15) is 33.1 Å². The summed E-state index contributed by atoms with van der Waals surface area (Å²) in [7, 11) is 0. The van der Waals surface area contributed by atoms with Gasteiger partial charge >= 0.3 is 0 Å². The fraction of sp³-hybridized carbons (Fsp3) is 0.526. The second kappa shape index (κ2) is 7.07. The number of anilines is 1. The number of carbonyl (C=O) groups is 1. The summed E-state index contributed by atoms with van der Waals surface area (Å²) in [5.74, 6) is 1.49. The van der Waals surface area contributed by atoms with E-state index >= 15 is 0 Å². The van der Waals surface area contributed by atoms with Crippen LogP contribution in [0.2, 0.25) is 0 Å². The first kappa shape index (κ1) is 17.0. The van der Waals surface area contributed by atoms with Crippen LogP contribution in [0.4, 0.5) is 5.95 Å². The van der Waals surface area contributed by atoms with E-state index in [0.29, 0.717) is 37.6 Å². The largest absolute Gasteiger partial charge is 0.469 e. The Hall–Kier alpha value is -2.41. The molecule has 7 nitrogen and oxygen atoms in total. The van der Waals surface area contributed by atoms with Crippen molar-refractivity contribution < 1.29 is 13.9 Å². The molecule has 2 aromatic heterocycles. The van der Waals surface area contributed by atoms with Crippen molar-refractivity contribution >= 4 is 11.9 Å². The number of rotatable bonds is 2. The topological polar surface area (TPSA) is 71.7 Å². The summed E-state index contributed by atoms with van der Waals surface area (Å²) in [6.07, 6.45) is 3.10. The van der Waals surface area contributed by atoms with Crippen LogP contribution >= 0.6 is 0 Å². The number of hydrogen-bond donors (Lipinski definition) is 0. The Morgan fingerprint density at radius 1 is 1.08 bits per heavy atom. The van der Waals surface area contributed by atoms with Crippen LogP contribution in [-0.2, 0) is 17.6 Å². The van der Waals surface area contributed by atoms with Gasteiger partial charge in [0.15, 0.2) is 0 Å². The molecule has 26 heavy (non-hydrogen) atoms. The standard InChI is InChI=1S/C19H24N4O3/c1-13-15-3-6-22(18(24)16-5-10-26-14(16)2)7-4-17(15)21-19(20-13)23-8-11-25-12-9-23/h5,10H,3-4,6-9,11-12H2,1-2H3. The number of nitrogens with zero attached hydrogens (tertiary/aromatic N) is 4. The van der Waals surface area contributed by atoms with Crippen LogP contribution in [0, 0.1) is 13.8 Å². The molecule has 7 heteroatoms. The van der Waals surface area contributed by atoms with Crippen molar-refractivity contribution in [2.75, 3.05) is 44.3 Å². The van der Waals surface area contributed by atoms with Crippen molar-refractivity contribution in [2.24, 2.45) is 0 Å². The molecule has 0 N–H and O–H groups in total. The highest BCUT2D eigenvalue weighted by atomic mass is 16.5. The molecule has 0 saturated carbocycles. The molecule has 0 unspecified atom stereocenters. The molecule has 4 heterocycles. The number of aryl methyl sites for hydroxylation is 2. The second-order valence-electron chi connectivity index (χ2n) is 6.82. The van der Waals surface area contributed by atoms with Gasteiger partial charge in [0.05, 0.1) is 30.7 Å². The lowest BCUT2D eigenvalue weighted by atomic mass is 10.1. The summed E-state index contributed by atoms with van der Waals surface area (Å²) < 4.78 is 10.7. The van der Waals surface area contributed by atoms with Crippen LogP contribution in [0.5, 0.6) is 0 Å². The Kier molecular flexibility index (Phi) is 4.63. The van der Waals surface area contributed by atoms with Crippen LogP contribution in [0.25, 0.3) is 0 Å². The Morgan fingerprint density at radius 2 is 1.85 bits per heavy atom. The first-order valence-electron chi connectivity index (χ1n) is 9.16. The maximum Gasteiger partial charge on any atom is 0.257 e. The van der Waals surface area contributed by atoms with Gasteiger partial charge in [-0.25, -0.2) is 9.97 Å². The van der Waals surface area contributed by atoms with Crippen LogP contribution in [0.15, 0.2) is 16.7 Å². The molecule has 4 rings (SSSR count). The van der Waals surface area contributed by atoms with E-state index < -0.39 is 0 Å². The van der Waals surface area contributed by atoms with Gasteiger partial charge in [-0.05, 0) is 31.9 Å². The van der Waals surface area contributed by atoms with Gasteiger partial charge in [-0.3, -0.25) is 4.79 Å². The summed E-state index contributed by atoms with van der Waals surface area (Å²) in [6.45, 7) is 8.28. The molecule has 0 spiro atoms. The van der Waals surface area contributed by atoms with Gasteiger partial charge in [-0.15, -0.1) is 0 Å². The SMILES string of the molecule is Cc1nc(N2CCOCC2)nc2c1CCN(C(=O)c1ccoc1C)CC2. The quantitative estimate of drug-likeness (QED) is 0.817. The molecular weight excluding hydrogens is 332 g/mol. The van der Waals surface area contributed by atoms with Crippen molar-refractivity contribution in [3.05, 3.63) is 40.6 Å². The van der Waals surface area contributed by atoms with Gasteiger partial charge in [0.25, 0.3) is 5.91 Å². The number of furan rings is 1. The number of aromatic nitrogens is 2. The number of morpholine rings is 1. The minimum absolute atomic E-state index is 0.0306.